The summed E-state index contributed by atoms with van der Waals surface area (Å²) in [5.41, 5.74) is 7.34. The molecule has 0 aromatic carbocycles. The predicted molar refractivity (Wildman–Crippen MR) is 80.8 cm³/mol. The molecule has 1 aromatic rings. The van der Waals surface area contributed by atoms with Gasteiger partial charge in [0.1, 0.15) is 16.8 Å². The lowest BCUT2D eigenvalue weighted by atomic mass is 10.2. The molecule has 0 amide bonds. The lowest BCUT2D eigenvalue weighted by Gasteiger charge is -2.26. The van der Waals surface area contributed by atoms with Gasteiger partial charge in [-0.05, 0) is 26.7 Å². The highest BCUT2D eigenvalue weighted by Crippen LogP contribution is 2.30. The van der Waals surface area contributed by atoms with E-state index in [0.29, 0.717) is 11.6 Å². The summed E-state index contributed by atoms with van der Waals surface area (Å²) in [6.45, 7) is 4.84. The first-order valence-corrected chi connectivity index (χ1v) is 7.14. The molecule has 0 saturated carbocycles. The summed E-state index contributed by atoms with van der Waals surface area (Å²) in [6, 6.07) is -0.280. The Kier molecular flexibility index (Phi) is 4.27. The number of anilines is 1. The largest absolute Gasteiger partial charge is 0.464 e. The maximum absolute atomic E-state index is 12.1. The van der Waals surface area contributed by atoms with Crippen molar-refractivity contribution >= 4 is 29.0 Å². The fourth-order valence-electron chi connectivity index (χ4n) is 2.77. The molecule has 7 heteroatoms. The van der Waals surface area contributed by atoms with Crippen LogP contribution in [-0.4, -0.2) is 39.9 Å². The van der Waals surface area contributed by atoms with Crippen molar-refractivity contribution < 1.29 is 9.53 Å². The molecule has 1 saturated heterocycles. The first-order valence-electron chi connectivity index (χ1n) is 6.74. The summed E-state index contributed by atoms with van der Waals surface area (Å²) in [4.78, 5) is 14.4. The van der Waals surface area contributed by atoms with Crippen molar-refractivity contribution in [2.75, 3.05) is 18.1 Å². The van der Waals surface area contributed by atoms with E-state index in [0.717, 1.165) is 36.5 Å². The van der Waals surface area contributed by atoms with Crippen molar-refractivity contribution in [3.63, 3.8) is 0 Å². The molecular formula is C13H20N4O2S. The van der Waals surface area contributed by atoms with Crippen LogP contribution in [-0.2, 0) is 16.6 Å². The topological polar surface area (TPSA) is 73.4 Å². The zero-order chi connectivity index (χ0) is 14.9. The number of carbonyl (C=O) groups excluding carboxylic acids is 1. The Bertz CT molecular complexity index is 541. The number of aryl methyl sites for hydroxylation is 2. The molecule has 20 heavy (non-hydrogen) atoms. The van der Waals surface area contributed by atoms with Crippen LogP contribution < -0.4 is 10.6 Å². The third-order valence-electron chi connectivity index (χ3n) is 3.52. The second-order valence-corrected chi connectivity index (χ2v) is 5.32. The molecule has 1 fully saturated rings. The molecule has 2 heterocycles. The first-order chi connectivity index (χ1) is 9.47. The van der Waals surface area contributed by atoms with E-state index in [1.165, 1.54) is 0 Å². The number of aromatic nitrogens is 2. The Morgan fingerprint density at radius 2 is 2.30 bits per heavy atom. The van der Waals surface area contributed by atoms with Gasteiger partial charge in [0.2, 0.25) is 0 Å². The second kappa shape index (κ2) is 5.78. The minimum absolute atomic E-state index is 0.197. The Labute approximate surface area is 123 Å². The number of nitrogens with two attached hydrogens (primary N) is 1. The molecular weight excluding hydrogens is 276 g/mol. The molecule has 110 valence electrons. The predicted octanol–water partition coefficient (Wildman–Crippen LogP) is 0.895. The van der Waals surface area contributed by atoms with Gasteiger partial charge in [0, 0.05) is 13.6 Å². The molecule has 1 atom stereocenters. The van der Waals surface area contributed by atoms with Gasteiger partial charge in [-0.25, -0.2) is 4.79 Å². The minimum Gasteiger partial charge on any atom is -0.464 e. The zero-order valence-corrected chi connectivity index (χ0v) is 12.9. The number of hydrogen-bond acceptors (Lipinski definition) is 5. The molecule has 0 bridgehead atoms. The van der Waals surface area contributed by atoms with Crippen molar-refractivity contribution in [1.82, 2.24) is 9.78 Å². The minimum atomic E-state index is -0.280. The molecule has 0 radical (unpaired) electrons. The van der Waals surface area contributed by atoms with Gasteiger partial charge < -0.3 is 15.4 Å². The van der Waals surface area contributed by atoms with Gasteiger partial charge in [-0.15, -0.1) is 0 Å². The van der Waals surface area contributed by atoms with E-state index >= 15 is 0 Å². The normalized spacial score (nSPS) is 18.4. The lowest BCUT2D eigenvalue weighted by Crippen LogP contribution is -2.39. The second-order valence-electron chi connectivity index (χ2n) is 4.88. The first kappa shape index (κ1) is 14.8. The van der Waals surface area contributed by atoms with Crippen LogP contribution >= 0.6 is 12.2 Å². The summed E-state index contributed by atoms with van der Waals surface area (Å²) in [7, 11) is 1.84. The van der Waals surface area contributed by atoms with Gasteiger partial charge >= 0.3 is 5.97 Å². The smallest absolute Gasteiger partial charge is 0.328 e. The van der Waals surface area contributed by atoms with E-state index in [1.807, 2.05) is 25.8 Å². The molecule has 2 rings (SSSR count). The van der Waals surface area contributed by atoms with Crippen LogP contribution in [0, 0.1) is 6.92 Å². The van der Waals surface area contributed by atoms with Crippen LogP contribution in [0.1, 0.15) is 31.0 Å². The standard InChI is InChI=1S/C13H20N4O2S/c1-4-19-13(18)9-6-5-7-17(9)12-10(11(14)20)8(2)15-16(12)3/h9H,4-7H2,1-3H3,(H2,14,20). The van der Waals surface area contributed by atoms with Crippen molar-refractivity contribution in [2.24, 2.45) is 12.8 Å². The van der Waals surface area contributed by atoms with Crippen molar-refractivity contribution in [1.29, 1.82) is 0 Å². The average molecular weight is 296 g/mol. The summed E-state index contributed by atoms with van der Waals surface area (Å²) in [6.07, 6.45) is 1.71. The number of hydrogen-bond donors (Lipinski definition) is 1. The number of rotatable bonds is 4. The molecule has 1 aliphatic rings. The number of thiocarbonyl (C=S) groups is 1. The maximum Gasteiger partial charge on any atom is 0.328 e. The fourth-order valence-corrected chi connectivity index (χ4v) is 3.01. The molecule has 1 unspecified atom stereocenters. The van der Waals surface area contributed by atoms with E-state index < -0.39 is 0 Å². The number of ether oxygens (including phenoxy) is 1. The highest BCUT2D eigenvalue weighted by atomic mass is 32.1. The molecule has 1 aromatic heterocycles. The third kappa shape index (κ3) is 2.49. The summed E-state index contributed by atoms with van der Waals surface area (Å²) >= 11 is 5.12. The van der Waals surface area contributed by atoms with Crippen molar-refractivity contribution in [3.05, 3.63) is 11.3 Å². The quantitative estimate of drug-likeness (QED) is 0.657. The van der Waals surface area contributed by atoms with E-state index in [2.05, 4.69) is 5.10 Å². The molecule has 0 spiro atoms. The fraction of sp³-hybridized carbons (Fsp3) is 0.615. The number of esters is 1. The van der Waals surface area contributed by atoms with Gasteiger partial charge in [0.25, 0.3) is 0 Å². The van der Waals surface area contributed by atoms with Crippen molar-refractivity contribution in [2.45, 2.75) is 32.7 Å². The van der Waals surface area contributed by atoms with E-state index in [-0.39, 0.29) is 12.0 Å². The highest BCUT2D eigenvalue weighted by Gasteiger charge is 2.35. The van der Waals surface area contributed by atoms with Crippen LogP contribution in [0.3, 0.4) is 0 Å². The van der Waals surface area contributed by atoms with Crippen LogP contribution in [0.2, 0.25) is 0 Å². The van der Waals surface area contributed by atoms with Crippen LogP contribution in [0.4, 0.5) is 5.82 Å². The maximum atomic E-state index is 12.1. The van der Waals surface area contributed by atoms with E-state index in [4.69, 9.17) is 22.7 Å². The molecule has 0 aliphatic carbocycles. The average Bonchev–Trinajstić information content (AvgIpc) is 2.93. The van der Waals surface area contributed by atoms with Crippen molar-refractivity contribution in [3.8, 4) is 0 Å². The van der Waals surface area contributed by atoms with Gasteiger partial charge in [-0.2, -0.15) is 5.10 Å². The Morgan fingerprint density at radius 3 is 2.90 bits per heavy atom. The van der Waals surface area contributed by atoms with Crippen LogP contribution in [0.5, 0.6) is 0 Å². The summed E-state index contributed by atoms with van der Waals surface area (Å²) < 4.78 is 6.89. The van der Waals surface area contributed by atoms with Gasteiger partial charge in [0.15, 0.2) is 0 Å². The Morgan fingerprint density at radius 1 is 1.60 bits per heavy atom. The zero-order valence-electron chi connectivity index (χ0n) is 12.0. The SMILES string of the molecule is CCOC(=O)C1CCCN1c1c(C(N)=S)c(C)nn1C. The van der Waals surface area contributed by atoms with Crippen LogP contribution in [0.25, 0.3) is 0 Å². The summed E-state index contributed by atoms with van der Waals surface area (Å²) in [5, 5.41) is 4.37. The Hall–Kier alpha value is -1.63. The number of nitrogens with zero attached hydrogens (tertiary/aromatic N) is 3. The van der Waals surface area contributed by atoms with Crippen LogP contribution in [0.15, 0.2) is 0 Å². The van der Waals surface area contributed by atoms with Gasteiger partial charge in [-0.3, -0.25) is 4.68 Å². The van der Waals surface area contributed by atoms with E-state index in [9.17, 15) is 4.79 Å². The van der Waals surface area contributed by atoms with E-state index in [1.54, 1.807) is 4.68 Å². The monoisotopic (exact) mass is 296 g/mol. The van der Waals surface area contributed by atoms with Gasteiger partial charge in [-0.1, -0.05) is 12.2 Å². The Balaban J connectivity index is 2.40. The molecule has 6 nitrogen and oxygen atoms in total. The molecule has 1 aliphatic heterocycles. The highest BCUT2D eigenvalue weighted by molar-refractivity contribution is 7.80. The third-order valence-corrected chi connectivity index (χ3v) is 3.73. The summed E-state index contributed by atoms with van der Waals surface area (Å²) in [5.74, 6) is 0.614. The lowest BCUT2D eigenvalue weighted by molar-refractivity contribution is -0.144. The number of carbonyl (C=O) groups is 1. The molecule has 2 N–H and O–H groups in total. The van der Waals surface area contributed by atoms with Gasteiger partial charge in [0.05, 0.1) is 17.9 Å².